The minimum Gasteiger partial charge on any atom is -0.496 e. The summed E-state index contributed by atoms with van der Waals surface area (Å²) in [6, 6.07) is 15.7. The maximum Gasteiger partial charge on any atom is 0.137 e. The van der Waals surface area contributed by atoms with E-state index in [1.54, 1.807) is 7.11 Å². The summed E-state index contributed by atoms with van der Waals surface area (Å²) in [6.07, 6.45) is 4.19. The van der Waals surface area contributed by atoms with Gasteiger partial charge in [-0.15, -0.1) is 11.8 Å². The molecule has 0 radical (unpaired) electrons. The SMILES string of the molecule is COc1ccccc1SCCCCCC(=O)Cc1ccccc1N. The molecule has 4 heteroatoms. The number of para-hydroxylation sites is 2. The van der Waals surface area contributed by atoms with Crippen LogP contribution in [0, 0.1) is 0 Å². The number of benzene rings is 2. The highest BCUT2D eigenvalue weighted by Gasteiger charge is 2.06. The first-order valence-corrected chi connectivity index (χ1v) is 9.30. The van der Waals surface area contributed by atoms with Crippen molar-refractivity contribution in [2.45, 2.75) is 37.0 Å². The zero-order valence-corrected chi connectivity index (χ0v) is 15.0. The molecule has 0 heterocycles. The molecule has 0 bridgehead atoms. The highest BCUT2D eigenvalue weighted by atomic mass is 32.2. The van der Waals surface area contributed by atoms with E-state index in [2.05, 4.69) is 6.07 Å². The first-order valence-electron chi connectivity index (χ1n) is 8.31. The molecule has 0 aliphatic rings. The van der Waals surface area contributed by atoms with E-state index in [0.717, 1.165) is 36.3 Å². The Bertz CT molecular complexity index is 658. The molecule has 0 aromatic heterocycles. The highest BCUT2D eigenvalue weighted by Crippen LogP contribution is 2.29. The fourth-order valence-electron chi connectivity index (χ4n) is 2.52. The van der Waals surface area contributed by atoms with Crippen molar-refractivity contribution in [3.8, 4) is 5.75 Å². The van der Waals surface area contributed by atoms with E-state index in [1.807, 2.05) is 54.2 Å². The van der Waals surface area contributed by atoms with Crippen LogP contribution in [0.1, 0.15) is 31.2 Å². The third-order valence-electron chi connectivity index (χ3n) is 3.87. The Morgan fingerprint density at radius 3 is 2.58 bits per heavy atom. The number of anilines is 1. The van der Waals surface area contributed by atoms with Gasteiger partial charge < -0.3 is 10.5 Å². The van der Waals surface area contributed by atoms with E-state index < -0.39 is 0 Å². The number of Topliss-reactive ketones (excluding diaryl/α,β-unsaturated/α-hetero) is 1. The van der Waals surface area contributed by atoms with Crippen molar-refractivity contribution in [3.63, 3.8) is 0 Å². The lowest BCUT2D eigenvalue weighted by molar-refractivity contribution is -0.118. The van der Waals surface area contributed by atoms with Crippen molar-refractivity contribution in [3.05, 3.63) is 54.1 Å². The summed E-state index contributed by atoms with van der Waals surface area (Å²) in [7, 11) is 1.70. The maximum absolute atomic E-state index is 12.0. The summed E-state index contributed by atoms with van der Waals surface area (Å²) in [4.78, 5) is 13.2. The molecule has 2 N–H and O–H groups in total. The number of rotatable bonds is 10. The summed E-state index contributed by atoms with van der Waals surface area (Å²) in [5, 5.41) is 0. The molecular formula is C20H25NO2S. The summed E-state index contributed by atoms with van der Waals surface area (Å²) in [5.41, 5.74) is 7.52. The van der Waals surface area contributed by atoms with E-state index in [4.69, 9.17) is 10.5 Å². The maximum atomic E-state index is 12.0. The number of carbonyl (C=O) groups excluding carboxylic acids is 1. The first-order chi connectivity index (χ1) is 11.7. The van der Waals surface area contributed by atoms with E-state index in [-0.39, 0.29) is 5.78 Å². The topological polar surface area (TPSA) is 52.3 Å². The van der Waals surface area contributed by atoms with E-state index >= 15 is 0 Å². The minimum atomic E-state index is 0.269. The molecule has 0 amide bonds. The molecule has 0 atom stereocenters. The molecule has 0 saturated carbocycles. The molecule has 0 spiro atoms. The van der Waals surface area contributed by atoms with Crippen LogP contribution in [0.4, 0.5) is 5.69 Å². The van der Waals surface area contributed by atoms with Gasteiger partial charge in [0, 0.05) is 23.4 Å². The van der Waals surface area contributed by atoms with E-state index in [9.17, 15) is 4.79 Å². The number of unbranched alkanes of at least 4 members (excludes halogenated alkanes) is 2. The molecule has 0 unspecified atom stereocenters. The number of nitrogen functional groups attached to an aromatic ring is 1. The van der Waals surface area contributed by atoms with E-state index in [1.165, 1.54) is 4.90 Å². The van der Waals surface area contributed by atoms with Crippen molar-refractivity contribution in [1.82, 2.24) is 0 Å². The van der Waals surface area contributed by atoms with Crippen molar-refractivity contribution in [1.29, 1.82) is 0 Å². The number of methoxy groups -OCH3 is 1. The van der Waals surface area contributed by atoms with Gasteiger partial charge in [0.25, 0.3) is 0 Å². The second-order valence-corrected chi connectivity index (χ2v) is 6.86. The van der Waals surface area contributed by atoms with Gasteiger partial charge in [-0.1, -0.05) is 36.8 Å². The second-order valence-electron chi connectivity index (χ2n) is 5.72. The molecule has 0 aliphatic heterocycles. The van der Waals surface area contributed by atoms with Crippen LogP contribution in [0.5, 0.6) is 5.75 Å². The van der Waals surface area contributed by atoms with Crippen LogP contribution in [-0.4, -0.2) is 18.6 Å². The van der Waals surface area contributed by atoms with Crippen LogP contribution in [0.15, 0.2) is 53.4 Å². The normalized spacial score (nSPS) is 10.5. The molecule has 3 nitrogen and oxygen atoms in total. The number of carbonyl (C=O) groups is 1. The average molecular weight is 343 g/mol. The number of hydrogen-bond donors (Lipinski definition) is 1. The summed E-state index contributed by atoms with van der Waals surface area (Å²) in [6.45, 7) is 0. The van der Waals surface area contributed by atoms with Crippen LogP contribution in [0.3, 0.4) is 0 Å². The fraction of sp³-hybridized carbons (Fsp3) is 0.350. The average Bonchev–Trinajstić information content (AvgIpc) is 2.60. The third kappa shape index (κ3) is 5.93. The van der Waals surface area contributed by atoms with Gasteiger partial charge in [0.1, 0.15) is 11.5 Å². The number of thioether (sulfide) groups is 1. The Morgan fingerprint density at radius 1 is 1.04 bits per heavy atom. The van der Waals surface area contributed by atoms with Crippen molar-refractivity contribution in [2.75, 3.05) is 18.6 Å². The Kier molecular flexibility index (Phi) is 7.69. The van der Waals surface area contributed by atoms with Crippen LogP contribution < -0.4 is 10.5 Å². The van der Waals surface area contributed by atoms with Crippen LogP contribution in [-0.2, 0) is 11.2 Å². The standard InChI is InChI=1S/C20H25NO2S/c1-23-19-12-6-7-13-20(19)24-14-8-2-3-10-17(22)15-16-9-4-5-11-18(16)21/h4-7,9,11-13H,2-3,8,10,14-15,21H2,1H3. The Labute approximate surface area is 148 Å². The predicted molar refractivity (Wildman–Crippen MR) is 102 cm³/mol. The van der Waals surface area contributed by atoms with Gasteiger partial charge in [0.15, 0.2) is 0 Å². The lowest BCUT2D eigenvalue weighted by atomic mass is 10.0. The molecule has 0 aliphatic carbocycles. The van der Waals surface area contributed by atoms with Crippen LogP contribution >= 0.6 is 11.8 Å². The molecule has 128 valence electrons. The number of nitrogens with two attached hydrogens (primary N) is 1. The van der Waals surface area contributed by atoms with Gasteiger partial charge >= 0.3 is 0 Å². The lowest BCUT2D eigenvalue weighted by Crippen LogP contribution is -2.05. The van der Waals surface area contributed by atoms with Gasteiger partial charge in [0.2, 0.25) is 0 Å². The Balaban J connectivity index is 1.61. The predicted octanol–water partition coefficient (Wildman–Crippen LogP) is 4.74. The lowest BCUT2D eigenvalue weighted by Gasteiger charge is -2.07. The number of ether oxygens (including phenoxy) is 1. The zero-order valence-electron chi connectivity index (χ0n) is 14.2. The smallest absolute Gasteiger partial charge is 0.137 e. The number of ketones is 1. The zero-order chi connectivity index (χ0) is 17.2. The Hall–Kier alpha value is -1.94. The second kappa shape index (κ2) is 10.0. The van der Waals surface area contributed by atoms with Gasteiger partial charge in [-0.05, 0) is 42.4 Å². The van der Waals surface area contributed by atoms with Gasteiger partial charge in [-0.25, -0.2) is 0 Å². The molecule has 2 aromatic rings. The van der Waals surface area contributed by atoms with Crippen molar-refractivity contribution in [2.24, 2.45) is 0 Å². The Morgan fingerprint density at radius 2 is 1.79 bits per heavy atom. The van der Waals surface area contributed by atoms with Gasteiger partial charge in [-0.3, -0.25) is 4.79 Å². The molecule has 2 rings (SSSR count). The quantitative estimate of drug-likeness (QED) is 0.384. The monoisotopic (exact) mass is 343 g/mol. The molecular weight excluding hydrogens is 318 g/mol. The van der Waals surface area contributed by atoms with Gasteiger partial charge in [-0.2, -0.15) is 0 Å². The summed E-state index contributed by atoms with van der Waals surface area (Å²) >= 11 is 1.81. The summed E-state index contributed by atoms with van der Waals surface area (Å²) in [5.74, 6) is 2.24. The number of hydrogen-bond acceptors (Lipinski definition) is 4. The van der Waals surface area contributed by atoms with Gasteiger partial charge in [0.05, 0.1) is 7.11 Å². The molecule has 0 fully saturated rings. The first kappa shape index (κ1) is 18.4. The third-order valence-corrected chi connectivity index (χ3v) is 5.01. The van der Waals surface area contributed by atoms with E-state index in [0.29, 0.717) is 18.5 Å². The largest absolute Gasteiger partial charge is 0.496 e. The fourth-order valence-corrected chi connectivity index (χ4v) is 3.55. The van der Waals surface area contributed by atoms with Crippen LogP contribution in [0.25, 0.3) is 0 Å². The molecule has 0 saturated heterocycles. The van der Waals surface area contributed by atoms with Crippen LogP contribution in [0.2, 0.25) is 0 Å². The molecule has 2 aromatic carbocycles. The summed E-state index contributed by atoms with van der Waals surface area (Å²) < 4.78 is 5.35. The molecule has 24 heavy (non-hydrogen) atoms. The van der Waals surface area contributed by atoms with Crippen molar-refractivity contribution >= 4 is 23.2 Å². The minimum absolute atomic E-state index is 0.269. The van der Waals surface area contributed by atoms with Crippen molar-refractivity contribution < 1.29 is 9.53 Å². The highest BCUT2D eigenvalue weighted by molar-refractivity contribution is 7.99.